The fourth-order valence-corrected chi connectivity index (χ4v) is 4.10. The summed E-state index contributed by atoms with van der Waals surface area (Å²) in [5.41, 5.74) is 2.75. The van der Waals surface area contributed by atoms with Crippen LogP contribution in [0.4, 0.5) is 5.95 Å². The van der Waals surface area contributed by atoms with Crippen molar-refractivity contribution in [3.63, 3.8) is 0 Å². The molecule has 6 heteroatoms. The molecule has 1 saturated heterocycles. The highest BCUT2D eigenvalue weighted by Crippen LogP contribution is 2.34. The van der Waals surface area contributed by atoms with Crippen molar-refractivity contribution in [2.24, 2.45) is 0 Å². The zero-order valence-electron chi connectivity index (χ0n) is 15.5. The van der Waals surface area contributed by atoms with Crippen molar-refractivity contribution < 1.29 is 9.47 Å². The molecule has 6 nitrogen and oxygen atoms in total. The average molecular weight is 354 g/mol. The summed E-state index contributed by atoms with van der Waals surface area (Å²) >= 11 is 0. The second-order valence-corrected chi connectivity index (χ2v) is 6.96. The molecule has 0 unspecified atom stereocenters. The molecule has 2 aromatic rings. The SMILES string of the molecule is COc1cc2c(cc1OC)CN(C1CCN(c3ncccn3)CC1)CC2. The number of aromatic nitrogens is 2. The summed E-state index contributed by atoms with van der Waals surface area (Å²) in [7, 11) is 3.40. The third-order valence-corrected chi connectivity index (χ3v) is 5.56. The molecule has 0 amide bonds. The molecule has 2 aliphatic heterocycles. The van der Waals surface area contributed by atoms with Crippen LogP contribution in [-0.2, 0) is 13.0 Å². The lowest BCUT2D eigenvalue weighted by Crippen LogP contribution is -2.47. The second-order valence-electron chi connectivity index (χ2n) is 6.96. The van der Waals surface area contributed by atoms with E-state index >= 15 is 0 Å². The first-order valence-electron chi connectivity index (χ1n) is 9.28. The highest BCUT2D eigenvalue weighted by Gasteiger charge is 2.28. The Morgan fingerprint density at radius 3 is 2.23 bits per heavy atom. The van der Waals surface area contributed by atoms with Gasteiger partial charge in [0.1, 0.15) is 0 Å². The molecule has 1 aromatic heterocycles. The van der Waals surface area contributed by atoms with Crippen molar-refractivity contribution >= 4 is 5.95 Å². The van der Waals surface area contributed by atoms with E-state index in [1.807, 2.05) is 18.5 Å². The number of anilines is 1. The zero-order chi connectivity index (χ0) is 17.9. The van der Waals surface area contributed by atoms with Crippen molar-refractivity contribution in [2.75, 3.05) is 38.8 Å². The number of ether oxygens (including phenoxy) is 2. The second kappa shape index (κ2) is 7.50. The van der Waals surface area contributed by atoms with Crippen LogP contribution in [0.2, 0.25) is 0 Å². The van der Waals surface area contributed by atoms with Gasteiger partial charge in [0.25, 0.3) is 0 Å². The van der Waals surface area contributed by atoms with Crippen LogP contribution in [0, 0.1) is 0 Å². The summed E-state index contributed by atoms with van der Waals surface area (Å²) in [4.78, 5) is 13.7. The van der Waals surface area contributed by atoms with Gasteiger partial charge >= 0.3 is 0 Å². The maximum atomic E-state index is 5.48. The number of fused-ring (bicyclic) bond motifs is 1. The fraction of sp³-hybridized carbons (Fsp3) is 0.500. The van der Waals surface area contributed by atoms with E-state index in [0.717, 1.165) is 62.9 Å². The van der Waals surface area contributed by atoms with E-state index in [2.05, 4.69) is 31.9 Å². The Morgan fingerprint density at radius 2 is 1.58 bits per heavy atom. The molecule has 1 aromatic carbocycles. The smallest absolute Gasteiger partial charge is 0.225 e. The maximum Gasteiger partial charge on any atom is 0.225 e. The van der Waals surface area contributed by atoms with Crippen LogP contribution < -0.4 is 14.4 Å². The van der Waals surface area contributed by atoms with Crippen LogP contribution in [0.1, 0.15) is 24.0 Å². The largest absolute Gasteiger partial charge is 0.493 e. The topological polar surface area (TPSA) is 50.7 Å². The van der Waals surface area contributed by atoms with Crippen molar-refractivity contribution in [2.45, 2.75) is 31.8 Å². The normalized spacial score (nSPS) is 18.5. The van der Waals surface area contributed by atoms with Crippen molar-refractivity contribution in [3.05, 3.63) is 41.7 Å². The maximum absolute atomic E-state index is 5.48. The summed E-state index contributed by atoms with van der Waals surface area (Å²) in [6, 6.07) is 6.77. The van der Waals surface area contributed by atoms with Crippen LogP contribution >= 0.6 is 0 Å². The van der Waals surface area contributed by atoms with E-state index in [0.29, 0.717) is 6.04 Å². The minimum Gasteiger partial charge on any atom is -0.493 e. The molecule has 0 radical (unpaired) electrons. The summed E-state index contributed by atoms with van der Waals surface area (Å²) in [6.45, 7) is 4.13. The third kappa shape index (κ3) is 3.33. The first-order valence-corrected chi connectivity index (χ1v) is 9.28. The van der Waals surface area contributed by atoms with Gasteiger partial charge in [-0.2, -0.15) is 0 Å². The fourth-order valence-electron chi connectivity index (χ4n) is 4.10. The van der Waals surface area contributed by atoms with Crippen LogP contribution in [0.25, 0.3) is 0 Å². The number of methoxy groups -OCH3 is 2. The highest BCUT2D eigenvalue weighted by atomic mass is 16.5. The molecule has 3 heterocycles. The molecule has 0 spiro atoms. The summed E-state index contributed by atoms with van der Waals surface area (Å²) < 4.78 is 10.9. The van der Waals surface area contributed by atoms with E-state index in [4.69, 9.17) is 9.47 Å². The number of nitrogens with zero attached hydrogens (tertiary/aromatic N) is 4. The van der Waals surface area contributed by atoms with Gasteiger partial charge in [0.15, 0.2) is 11.5 Å². The van der Waals surface area contributed by atoms with E-state index in [1.165, 1.54) is 11.1 Å². The lowest BCUT2D eigenvalue weighted by atomic mass is 9.95. The Kier molecular flexibility index (Phi) is 4.93. The molecule has 0 atom stereocenters. The standard InChI is InChI=1S/C20H26N4O2/c1-25-18-12-15-4-9-24(14-16(15)13-19(18)26-2)17-5-10-23(11-6-17)20-21-7-3-8-22-20/h3,7-8,12-13,17H,4-6,9-11,14H2,1-2H3. The predicted molar refractivity (Wildman–Crippen MR) is 101 cm³/mol. The quantitative estimate of drug-likeness (QED) is 0.841. The first-order chi connectivity index (χ1) is 12.8. The number of hydrogen-bond acceptors (Lipinski definition) is 6. The first kappa shape index (κ1) is 17.1. The van der Waals surface area contributed by atoms with Crippen LogP contribution in [-0.4, -0.2) is 54.8 Å². The predicted octanol–water partition coefficient (Wildman–Crippen LogP) is 2.52. The number of rotatable bonds is 4. The lowest BCUT2D eigenvalue weighted by molar-refractivity contribution is 0.152. The van der Waals surface area contributed by atoms with Crippen molar-refractivity contribution in [1.29, 1.82) is 0 Å². The average Bonchev–Trinajstić information content (AvgIpc) is 2.73. The Labute approximate surface area is 154 Å². The van der Waals surface area contributed by atoms with Gasteiger partial charge in [0.05, 0.1) is 14.2 Å². The molecular weight excluding hydrogens is 328 g/mol. The van der Waals surface area contributed by atoms with Gasteiger partial charge in [-0.15, -0.1) is 0 Å². The van der Waals surface area contributed by atoms with Crippen LogP contribution in [0.15, 0.2) is 30.6 Å². The van der Waals surface area contributed by atoms with Gasteiger partial charge in [-0.3, -0.25) is 4.90 Å². The Hall–Kier alpha value is -2.34. The molecular formula is C20H26N4O2. The number of benzene rings is 1. The lowest BCUT2D eigenvalue weighted by Gasteiger charge is -2.40. The molecule has 0 bridgehead atoms. The Balaban J connectivity index is 1.42. The van der Waals surface area contributed by atoms with Gasteiger partial charge in [0.2, 0.25) is 5.95 Å². The van der Waals surface area contributed by atoms with Gasteiger partial charge < -0.3 is 14.4 Å². The van der Waals surface area contributed by atoms with Crippen LogP contribution in [0.5, 0.6) is 11.5 Å². The molecule has 138 valence electrons. The molecule has 2 aliphatic rings. The summed E-state index contributed by atoms with van der Waals surface area (Å²) in [5.74, 6) is 2.51. The van der Waals surface area contributed by atoms with Crippen molar-refractivity contribution in [3.8, 4) is 11.5 Å². The van der Waals surface area contributed by atoms with E-state index in [1.54, 1.807) is 14.2 Å². The zero-order valence-corrected chi connectivity index (χ0v) is 15.5. The minimum atomic E-state index is 0.621. The van der Waals surface area contributed by atoms with Gasteiger partial charge in [-0.1, -0.05) is 0 Å². The van der Waals surface area contributed by atoms with Gasteiger partial charge in [-0.25, -0.2) is 9.97 Å². The minimum absolute atomic E-state index is 0.621. The molecule has 4 rings (SSSR count). The highest BCUT2D eigenvalue weighted by molar-refractivity contribution is 5.48. The molecule has 0 N–H and O–H groups in total. The Morgan fingerprint density at radius 1 is 0.923 bits per heavy atom. The monoisotopic (exact) mass is 354 g/mol. The van der Waals surface area contributed by atoms with E-state index in [9.17, 15) is 0 Å². The van der Waals surface area contributed by atoms with Gasteiger partial charge in [0, 0.05) is 44.6 Å². The van der Waals surface area contributed by atoms with E-state index in [-0.39, 0.29) is 0 Å². The van der Waals surface area contributed by atoms with Gasteiger partial charge in [-0.05, 0) is 48.6 Å². The molecule has 0 saturated carbocycles. The molecule has 0 aliphatic carbocycles. The Bertz CT molecular complexity index is 745. The summed E-state index contributed by atoms with van der Waals surface area (Å²) in [5, 5.41) is 0. The third-order valence-electron chi connectivity index (χ3n) is 5.56. The van der Waals surface area contributed by atoms with Crippen LogP contribution in [0.3, 0.4) is 0 Å². The molecule has 1 fully saturated rings. The van der Waals surface area contributed by atoms with E-state index < -0.39 is 0 Å². The number of piperidine rings is 1. The van der Waals surface area contributed by atoms with Crippen molar-refractivity contribution in [1.82, 2.24) is 14.9 Å². The number of hydrogen-bond donors (Lipinski definition) is 0. The molecule has 26 heavy (non-hydrogen) atoms. The summed E-state index contributed by atoms with van der Waals surface area (Å²) in [6.07, 6.45) is 7.01.